The van der Waals surface area contributed by atoms with Crippen molar-refractivity contribution in [1.29, 1.82) is 0 Å². The van der Waals surface area contributed by atoms with Gasteiger partial charge in [0.15, 0.2) is 0 Å². The molecule has 0 saturated carbocycles. The van der Waals surface area contributed by atoms with Gasteiger partial charge in [0.1, 0.15) is 5.75 Å². The standard InChI is InChI=1S/C15H21BrN2O/c1-2-3-4-14(18-9-7-17-8-10-18)12-5-6-15(19)13(16)11-12/h2,5-6,11,14,17,19H,1,3-4,7-10H2/t14-/m1/s1. The number of nitrogens with one attached hydrogen (secondary N) is 1. The summed E-state index contributed by atoms with van der Waals surface area (Å²) >= 11 is 3.41. The smallest absolute Gasteiger partial charge is 0.129 e. The van der Waals surface area contributed by atoms with Crippen LogP contribution in [0.1, 0.15) is 24.4 Å². The molecule has 1 heterocycles. The SMILES string of the molecule is C=CCC[C@H](c1ccc(O)c(Br)c1)N1CCNCC1. The summed E-state index contributed by atoms with van der Waals surface area (Å²) in [6.07, 6.45) is 4.05. The van der Waals surface area contributed by atoms with Gasteiger partial charge in [-0.2, -0.15) is 0 Å². The fourth-order valence-electron chi connectivity index (χ4n) is 2.56. The van der Waals surface area contributed by atoms with Crippen LogP contribution in [-0.2, 0) is 0 Å². The molecule has 2 rings (SSSR count). The van der Waals surface area contributed by atoms with Crippen LogP contribution in [0, 0.1) is 0 Å². The van der Waals surface area contributed by atoms with Crippen molar-refractivity contribution in [3.8, 4) is 5.75 Å². The first-order chi connectivity index (χ1) is 9.22. The largest absolute Gasteiger partial charge is 0.507 e. The molecule has 0 radical (unpaired) electrons. The number of phenols is 1. The minimum atomic E-state index is 0.298. The fourth-order valence-corrected chi connectivity index (χ4v) is 2.96. The molecular formula is C15H21BrN2O. The lowest BCUT2D eigenvalue weighted by Gasteiger charge is -2.35. The van der Waals surface area contributed by atoms with E-state index in [2.05, 4.69) is 32.7 Å². The number of aromatic hydroxyl groups is 1. The molecule has 104 valence electrons. The predicted molar refractivity (Wildman–Crippen MR) is 82.4 cm³/mol. The summed E-state index contributed by atoms with van der Waals surface area (Å²) in [6, 6.07) is 6.22. The average molecular weight is 325 g/mol. The molecule has 1 aliphatic heterocycles. The minimum absolute atomic E-state index is 0.298. The monoisotopic (exact) mass is 324 g/mol. The van der Waals surface area contributed by atoms with Gasteiger partial charge in [0.2, 0.25) is 0 Å². The minimum Gasteiger partial charge on any atom is -0.507 e. The van der Waals surface area contributed by atoms with Crippen molar-refractivity contribution < 1.29 is 5.11 Å². The first-order valence-electron chi connectivity index (χ1n) is 6.76. The number of rotatable bonds is 5. The second kappa shape index (κ2) is 7.08. The summed E-state index contributed by atoms with van der Waals surface area (Å²) in [7, 11) is 0. The lowest BCUT2D eigenvalue weighted by atomic mass is 9.99. The fraction of sp³-hybridized carbons (Fsp3) is 0.467. The summed E-state index contributed by atoms with van der Waals surface area (Å²) in [6.45, 7) is 8.05. The van der Waals surface area contributed by atoms with Crippen molar-refractivity contribution in [3.63, 3.8) is 0 Å². The third-order valence-electron chi connectivity index (χ3n) is 3.59. The molecule has 0 spiro atoms. The molecule has 1 aromatic rings. The Balaban J connectivity index is 2.19. The number of hydrogen-bond acceptors (Lipinski definition) is 3. The maximum absolute atomic E-state index is 9.63. The van der Waals surface area contributed by atoms with Crippen LogP contribution in [0.15, 0.2) is 35.3 Å². The highest BCUT2D eigenvalue weighted by atomic mass is 79.9. The van der Waals surface area contributed by atoms with Crippen LogP contribution in [0.2, 0.25) is 0 Å². The first kappa shape index (κ1) is 14.6. The van der Waals surface area contributed by atoms with Crippen LogP contribution in [0.3, 0.4) is 0 Å². The van der Waals surface area contributed by atoms with Gasteiger partial charge in [-0.15, -0.1) is 6.58 Å². The van der Waals surface area contributed by atoms with Crippen molar-refractivity contribution in [3.05, 3.63) is 40.9 Å². The summed E-state index contributed by atoms with van der Waals surface area (Å²) in [5.74, 6) is 0.298. The van der Waals surface area contributed by atoms with E-state index in [1.165, 1.54) is 5.56 Å². The molecule has 1 aliphatic rings. The number of phenolic OH excluding ortho intramolecular Hbond substituents is 1. The van der Waals surface area contributed by atoms with Crippen molar-refractivity contribution in [1.82, 2.24) is 10.2 Å². The zero-order valence-electron chi connectivity index (χ0n) is 11.1. The van der Waals surface area contributed by atoms with E-state index < -0.39 is 0 Å². The highest BCUT2D eigenvalue weighted by Crippen LogP contribution is 2.32. The van der Waals surface area contributed by atoms with Crippen molar-refractivity contribution in [2.45, 2.75) is 18.9 Å². The Labute approximate surface area is 123 Å². The van der Waals surface area contributed by atoms with Gasteiger partial charge in [-0.1, -0.05) is 12.1 Å². The molecule has 19 heavy (non-hydrogen) atoms. The van der Waals surface area contributed by atoms with Gasteiger partial charge in [-0.3, -0.25) is 4.90 Å². The predicted octanol–water partition coefficient (Wildman–Crippen LogP) is 3.07. The summed E-state index contributed by atoms with van der Waals surface area (Å²) in [5, 5.41) is 13.0. The van der Waals surface area contributed by atoms with Crippen LogP contribution >= 0.6 is 15.9 Å². The number of nitrogens with zero attached hydrogens (tertiary/aromatic N) is 1. The zero-order valence-corrected chi connectivity index (χ0v) is 12.7. The van der Waals surface area contributed by atoms with Crippen molar-refractivity contribution >= 4 is 15.9 Å². The van der Waals surface area contributed by atoms with E-state index in [0.717, 1.165) is 43.5 Å². The number of benzene rings is 1. The Morgan fingerprint density at radius 1 is 1.42 bits per heavy atom. The molecule has 0 amide bonds. The molecule has 1 atom stereocenters. The van der Waals surface area contributed by atoms with Crippen LogP contribution in [0.5, 0.6) is 5.75 Å². The van der Waals surface area contributed by atoms with Crippen molar-refractivity contribution in [2.75, 3.05) is 26.2 Å². The highest BCUT2D eigenvalue weighted by Gasteiger charge is 2.22. The Bertz CT molecular complexity index is 430. The number of hydrogen-bond donors (Lipinski definition) is 2. The average Bonchev–Trinajstić information content (AvgIpc) is 2.44. The Kier molecular flexibility index (Phi) is 5.43. The summed E-state index contributed by atoms with van der Waals surface area (Å²) in [5.41, 5.74) is 1.26. The van der Waals surface area contributed by atoms with Crippen molar-refractivity contribution in [2.24, 2.45) is 0 Å². The molecule has 1 saturated heterocycles. The van der Waals surface area contributed by atoms with Crippen LogP contribution in [-0.4, -0.2) is 36.2 Å². The van der Waals surface area contributed by atoms with E-state index >= 15 is 0 Å². The van der Waals surface area contributed by atoms with E-state index in [-0.39, 0.29) is 0 Å². The Morgan fingerprint density at radius 2 is 2.16 bits per heavy atom. The van der Waals surface area contributed by atoms with Gasteiger partial charge < -0.3 is 10.4 Å². The third-order valence-corrected chi connectivity index (χ3v) is 4.23. The second-order valence-corrected chi connectivity index (χ2v) is 5.73. The van der Waals surface area contributed by atoms with E-state index in [9.17, 15) is 5.11 Å². The maximum Gasteiger partial charge on any atom is 0.129 e. The molecule has 2 N–H and O–H groups in total. The number of allylic oxidation sites excluding steroid dienone is 1. The van der Waals surface area contributed by atoms with E-state index in [1.807, 2.05) is 18.2 Å². The molecule has 4 heteroatoms. The van der Waals surface area contributed by atoms with Crippen LogP contribution in [0.4, 0.5) is 0 Å². The summed E-state index contributed by atoms with van der Waals surface area (Å²) in [4.78, 5) is 2.51. The number of piperazine rings is 1. The Morgan fingerprint density at radius 3 is 2.79 bits per heavy atom. The van der Waals surface area contributed by atoms with Gasteiger partial charge >= 0.3 is 0 Å². The quantitative estimate of drug-likeness (QED) is 0.817. The topological polar surface area (TPSA) is 35.5 Å². The van der Waals surface area contributed by atoms with E-state index in [1.54, 1.807) is 6.07 Å². The van der Waals surface area contributed by atoms with Crippen LogP contribution in [0.25, 0.3) is 0 Å². The van der Waals surface area contributed by atoms with Gasteiger partial charge in [-0.25, -0.2) is 0 Å². The first-order valence-corrected chi connectivity index (χ1v) is 7.55. The molecule has 0 bridgehead atoms. The normalized spacial score (nSPS) is 18.2. The van der Waals surface area contributed by atoms with E-state index in [0.29, 0.717) is 11.8 Å². The lowest BCUT2D eigenvalue weighted by Crippen LogP contribution is -2.45. The zero-order chi connectivity index (χ0) is 13.7. The summed E-state index contributed by atoms with van der Waals surface area (Å²) < 4.78 is 0.767. The second-order valence-electron chi connectivity index (χ2n) is 4.88. The molecule has 0 aliphatic carbocycles. The van der Waals surface area contributed by atoms with Gasteiger partial charge in [-0.05, 0) is 46.5 Å². The lowest BCUT2D eigenvalue weighted by molar-refractivity contribution is 0.166. The van der Waals surface area contributed by atoms with E-state index in [4.69, 9.17) is 0 Å². The number of halogens is 1. The third kappa shape index (κ3) is 3.81. The van der Waals surface area contributed by atoms with Gasteiger partial charge in [0.05, 0.1) is 4.47 Å². The highest BCUT2D eigenvalue weighted by molar-refractivity contribution is 9.10. The molecule has 1 aromatic carbocycles. The Hall–Kier alpha value is -0.840. The molecular weight excluding hydrogens is 304 g/mol. The van der Waals surface area contributed by atoms with Gasteiger partial charge in [0.25, 0.3) is 0 Å². The molecule has 1 fully saturated rings. The van der Waals surface area contributed by atoms with Crippen LogP contribution < -0.4 is 5.32 Å². The van der Waals surface area contributed by atoms with Gasteiger partial charge in [0, 0.05) is 32.2 Å². The molecule has 0 unspecified atom stereocenters. The maximum atomic E-state index is 9.63. The molecule has 3 nitrogen and oxygen atoms in total. The molecule has 0 aromatic heterocycles.